The van der Waals surface area contributed by atoms with Crippen molar-refractivity contribution in [3.63, 3.8) is 0 Å². The van der Waals surface area contributed by atoms with Crippen molar-refractivity contribution < 1.29 is 38.5 Å². The predicted octanol–water partition coefficient (Wildman–Crippen LogP) is 5.15. The molecule has 2 aliphatic carbocycles. The number of cyclic esters (lactones) is 1. The number of rotatable bonds is 11. The first-order chi connectivity index (χ1) is 22.6. The average Bonchev–Trinajstić information content (AvgIpc) is 3.41. The van der Waals surface area contributed by atoms with Gasteiger partial charge in [-0.3, -0.25) is 9.59 Å². The number of benzene rings is 2. The van der Waals surface area contributed by atoms with Crippen LogP contribution in [0.15, 0.2) is 53.5 Å². The minimum Gasteiger partial charge on any atom is -0.497 e. The van der Waals surface area contributed by atoms with Crippen molar-refractivity contribution in [1.82, 2.24) is 10.6 Å². The molecule has 0 radical (unpaired) electrons. The number of aliphatic carboxylic acids is 1. The summed E-state index contributed by atoms with van der Waals surface area (Å²) in [5.41, 5.74) is -0.428. The summed E-state index contributed by atoms with van der Waals surface area (Å²) in [5, 5.41) is 15.0. The summed E-state index contributed by atoms with van der Waals surface area (Å²) in [6, 6.07) is 13.1. The fourth-order valence-electron chi connectivity index (χ4n) is 6.14. The van der Waals surface area contributed by atoms with Crippen LogP contribution in [0.5, 0.6) is 11.5 Å². The topological polar surface area (TPSA) is 153 Å². The molecular weight excluding hydrogens is 622 g/mol. The Kier molecular flexibility index (Phi) is 12.7. The number of aliphatic imine (C=N–C) groups is 1. The first kappa shape index (κ1) is 35.8. The van der Waals surface area contributed by atoms with Crippen LogP contribution in [0.25, 0.3) is 0 Å². The zero-order valence-electron chi connectivity index (χ0n) is 27.3. The van der Waals surface area contributed by atoms with E-state index in [1.54, 1.807) is 38.5 Å². The van der Waals surface area contributed by atoms with Crippen LogP contribution in [-0.2, 0) is 19.1 Å². The first-order valence-electron chi connectivity index (χ1n) is 16.1. The number of carbonyl (C=O) groups is 4. The Balaban J connectivity index is 0.000000228. The third-order valence-corrected chi connectivity index (χ3v) is 9.61. The van der Waals surface area contributed by atoms with Crippen LogP contribution >= 0.6 is 11.8 Å². The SMILES string of the molecule is COc1ccc(C(=O)NC2(C(=O)N[C@@H](CCSC)C(=O)O)CCCCC2)cc1.COc1ccc(C2=NC3(CCCCC3)C(=O)O2)cc1. The Morgan fingerprint density at radius 3 is 1.98 bits per heavy atom. The fraction of sp³-hybridized carbons (Fsp3) is 0.514. The maximum atomic E-state index is 13.0. The molecule has 47 heavy (non-hydrogen) atoms. The number of hydrogen-bond acceptors (Lipinski definition) is 9. The number of thioether (sulfide) groups is 1. The minimum atomic E-state index is -1.08. The third-order valence-electron chi connectivity index (χ3n) is 8.96. The van der Waals surface area contributed by atoms with Crippen molar-refractivity contribution >= 4 is 41.4 Å². The van der Waals surface area contributed by atoms with Crippen molar-refractivity contribution in [2.45, 2.75) is 87.7 Å². The second-order valence-corrected chi connectivity index (χ2v) is 13.1. The van der Waals surface area contributed by atoms with Gasteiger partial charge in [-0.1, -0.05) is 38.5 Å². The van der Waals surface area contributed by atoms with Gasteiger partial charge in [0.2, 0.25) is 11.8 Å². The van der Waals surface area contributed by atoms with Gasteiger partial charge in [0.1, 0.15) is 23.1 Å². The zero-order chi connectivity index (χ0) is 33.9. The number of carbonyl (C=O) groups excluding carboxylic acids is 3. The molecular formula is C35H45N3O8S. The number of carboxylic acids is 1. The van der Waals surface area contributed by atoms with Crippen LogP contribution in [0.1, 0.15) is 86.6 Å². The van der Waals surface area contributed by atoms with E-state index in [0.717, 1.165) is 56.3 Å². The Bertz CT molecular complexity index is 1420. The summed E-state index contributed by atoms with van der Waals surface area (Å²) >= 11 is 1.53. The van der Waals surface area contributed by atoms with E-state index in [0.29, 0.717) is 42.2 Å². The van der Waals surface area contributed by atoms with E-state index in [1.807, 2.05) is 30.5 Å². The van der Waals surface area contributed by atoms with E-state index >= 15 is 0 Å². The molecule has 1 aliphatic heterocycles. The molecule has 2 aromatic carbocycles. The predicted molar refractivity (Wildman–Crippen MR) is 180 cm³/mol. The number of amides is 2. The van der Waals surface area contributed by atoms with E-state index in [2.05, 4.69) is 15.6 Å². The van der Waals surface area contributed by atoms with Crippen LogP contribution in [0, 0.1) is 0 Å². The summed E-state index contributed by atoms with van der Waals surface area (Å²) in [6.07, 6.45) is 10.7. The van der Waals surface area contributed by atoms with E-state index in [1.165, 1.54) is 18.2 Å². The van der Waals surface area contributed by atoms with Gasteiger partial charge in [0, 0.05) is 11.1 Å². The Hall–Kier alpha value is -4.06. The van der Waals surface area contributed by atoms with Crippen LogP contribution in [-0.4, -0.2) is 78.1 Å². The summed E-state index contributed by atoms with van der Waals surface area (Å²) in [7, 11) is 3.17. The number of nitrogens with one attached hydrogen (secondary N) is 2. The van der Waals surface area contributed by atoms with Crippen molar-refractivity contribution in [2.75, 3.05) is 26.2 Å². The lowest BCUT2D eigenvalue weighted by molar-refractivity contribution is -0.143. The molecule has 2 aromatic rings. The molecule has 1 atom stereocenters. The molecule has 254 valence electrons. The van der Waals surface area contributed by atoms with E-state index in [4.69, 9.17) is 14.2 Å². The second-order valence-electron chi connectivity index (χ2n) is 12.1. The molecule has 2 saturated carbocycles. The molecule has 2 fully saturated rings. The van der Waals surface area contributed by atoms with Gasteiger partial charge in [0.25, 0.3) is 5.91 Å². The monoisotopic (exact) mass is 667 g/mol. The lowest BCUT2D eigenvalue weighted by Gasteiger charge is -2.37. The molecule has 3 N–H and O–H groups in total. The maximum Gasteiger partial charge on any atom is 0.340 e. The molecule has 0 unspecified atom stereocenters. The van der Waals surface area contributed by atoms with E-state index < -0.39 is 29.0 Å². The summed E-state index contributed by atoms with van der Waals surface area (Å²) < 4.78 is 15.6. The second kappa shape index (κ2) is 16.7. The number of methoxy groups -OCH3 is 2. The van der Waals surface area contributed by atoms with Gasteiger partial charge in [0.05, 0.1) is 14.2 Å². The Labute approximate surface area is 280 Å². The van der Waals surface area contributed by atoms with Gasteiger partial charge in [-0.05, 0) is 92.6 Å². The minimum absolute atomic E-state index is 0.182. The number of hydrogen-bond donors (Lipinski definition) is 3. The highest BCUT2D eigenvalue weighted by Crippen LogP contribution is 2.37. The van der Waals surface area contributed by atoms with Gasteiger partial charge in [-0.2, -0.15) is 11.8 Å². The molecule has 1 spiro atoms. The smallest absolute Gasteiger partial charge is 0.340 e. The number of esters is 1. The van der Waals surface area contributed by atoms with Crippen LogP contribution in [0.4, 0.5) is 0 Å². The zero-order valence-corrected chi connectivity index (χ0v) is 28.2. The largest absolute Gasteiger partial charge is 0.497 e. The molecule has 12 heteroatoms. The lowest BCUT2D eigenvalue weighted by atomic mass is 9.80. The van der Waals surface area contributed by atoms with E-state index in [9.17, 15) is 24.3 Å². The van der Waals surface area contributed by atoms with E-state index in [-0.39, 0.29) is 11.9 Å². The highest BCUT2D eigenvalue weighted by molar-refractivity contribution is 7.98. The van der Waals surface area contributed by atoms with Crippen LogP contribution in [0.2, 0.25) is 0 Å². The average molecular weight is 668 g/mol. The molecule has 2 amide bonds. The fourth-order valence-corrected chi connectivity index (χ4v) is 6.61. The summed E-state index contributed by atoms with van der Waals surface area (Å²) in [6.45, 7) is 0. The number of carboxylic acid groups (broad SMARTS) is 1. The molecule has 11 nitrogen and oxygen atoms in total. The normalized spacial score (nSPS) is 18.4. The van der Waals surface area contributed by atoms with Gasteiger partial charge >= 0.3 is 11.9 Å². The van der Waals surface area contributed by atoms with Gasteiger partial charge in [-0.15, -0.1) is 0 Å². The van der Waals surface area contributed by atoms with Crippen LogP contribution < -0.4 is 20.1 Å². The highest BCUT2D eigenvalue weighted by atomic mass is 32.2. The maximum absolute atomic E-state index is 13.0. The quantitative estimate of drug-likeness (QED) is 0.276. The van der Waals surface area contributed by atoms with Crippen molar-refractivity contribution in [2.24, 2.45) is 4.99 Å². The summed E-state index contributed by atoms with van der Waals surface area (Å²) in [4.78, 5) is 54.0. The molecule has 1 heterocycles. The third kappa shape index (κ3) is 9.06. The standard InChI is InChI=1S/C20H28N2O5S.C15H17NO3/c1-27-15-8-6-14(7-9-15)17(23)22-20(11-4-3-5-12-20)19(26)21-16(18(24)25)10-13-28-2;1-18-12-7-5-11(6-8-12)13-16-15(14(17)19-13)9-3-2-4-10-15/h6-9,16H,3-5,10-13H2,1-2H3,(H,21,26)(H,22,23)(H,24,25);5-8H,2-4,9-10H2,1H3/t16-;/m0./s1. The summed E-state index contributed by atoms with van der Waals surface area (Å²) in [5.74, 6) is 0.490. The Morgan fingerprint density at radius 2 is 1.45 bits per heavy atom. The lowest BCUT2D eigenvalue weighted by Crippen LogP contribution is -2.62. The number of ether oxygens (including phenoxy) is 3. The Morgan fingerprint density at radius 1 is 0.894 bits per heavy atom. The molecule has 5 rings (SSSR count). The van der Waals surface area contributed by atoms with Crippen molar-refractivity contribution in [3.05, 3.63) is 59.7 Å². The molecule has 3 aliphatic rings. The molecule has 0 saturated heterocycles. The van der Waals surface area contributed by atoms with Crippen molar-refractivity contribution in [1.29, 1.82) is 0 Å². The van der Waals surface area contributed by atoms with Crippen molar-refractivity contribution in [3.8, 4) is 11.5 Å². The van der Waals surface area contributed by atoms with Gasteiger partial charge in [-0.25, -0.2) is 14.6 Å². The van der Waals surface area contributed by atoms with Gasteiger partial charge in [0.15, 0.2) is 5.54 Å². The number of nitrogens with zero attached hydrogens (tertiary/aromatic N) is 1. The molecule has 0 aromatic heterocycles. The van der Waals surface area contributed by atoms with Crippen LogP contribution in [0.3, 0.4) is 0 Å². The first-order valence-corrected chi connectivity index (χ1v) is 17.5. The van der Waals surface area contributed by atoms with Gasteiger partial charge < -0.3 is 30.0 Å². The molecule has 0 bridgehead atoms. The highest BCUT2D eigenvalue weighted by Gasteiger charge is 2.46.